The number of carbonyl (C=O) groups is 2. The Bertz CT molecular complexity index is 1120. The first kappa shape index (κ1) is 25.1. The third-order valence-electron chi connectivity index (χ3n) is 8.68. The first-order valence-electron chi connectivity index (χ1n) is 13.6. The fourth-order valence-electron chi connectivity index (χ4n) is 6.73. The van der Waals surface area contributed by atoms with Gasteiger partial charge in [0, 0.05) is 36.8 Å². The fraction of sp³-hybridized carbons (Fsp3) is 0.679. The molecule has 1 saturated heterocycles. The van der Waals surface area contributed by atoms with Crippen molar-refractivity contribution >= 4 is 28.8 Å². The molecule has 4 atom stereocenters. The van der Waals surface area contributed by atoms with Crippen LogP contribution in [-0.4, -0.2) is 53.1 Å². The third kappa shape index (κ3) is 4.60. The second-order valence-corrected chi connectivity index (χ2v) is 11.0. The van der Waals surface area contributed by atoms with Crippen molar-refractivity contribution in [2.24, 2.45) is 11.8 Å². The van der Waals surface area contributed by atoms with E-state index in [1.165, 1.54) is 7.11 Å². The molecule has 1 saturated carbocycles. The Morgan fingerprint density at radius 2 is 1.97 bits per heavy atom. The maximum atomic E-state index is 12.6. The smallest absolute Gasteiger partial charge is 0.414 e. The number of aliphatic carboxylic acids is 1. The number of fused-ring (bicyclic) bond motifs is 3. The normalized spacial score (nSPS) is 26.0. The standard InChI is InChI=1S/C28H39N3O5/c1-17(15-19-11-13-36-14-12-19)26-29-25-22-8-7-18(2)30(28(34)35-3)23(22)9-10-24(25)31(26)21-6-4-5-20(16-21)27(32)33/h9-10,17-21H,4-8,11-16H2,1-3H3,(H,32,33)/t17-,18-,20+,21+/m0/s1. The second kappa shape index (κ2) is 10.4. The Morgan fingerprint density at radius 1 is 1.19 bits per heavy atom. The third-order valence-corrected chi connectivity index (χ3v) is 8.68. The zero-order chi connectivity index (χ0) is 25.4. The highest BCUT2D eigenvalue weighted by atomic mass is 16.5. The Hall–Kier alpha value is -2.61. The molecule has 0 spiro atoms. The predicted octanol–water partition coefficient (Wildman–Crippen LogP) is 5.68. The molecule has 1 aromatic heterocycles. The lowest BCUT2D eigenvalue weighted by atomic mass is 9.84. The summed E-state index contributed by atoms with van der Waals surface area (Å²) in [5.41, 5.74) is 4.01. The number of benzene rings is 1. The van der Waals surface area contributed by atoms with Crippen LogP contribution in [0, 0.1) is 11.8 Å². The summed E-state index contributed by atoms with van der Waals surface area (Å²) in [5, 5.41) is 9.76. The SMILES string of the molecule is COC(=O)N1c2ccc3c(nc([C@@H](C)CC4CCOCC4)n3[C@@H]3CCC[C@@H](C(=O)O)C3)c2CC[C@@H]1C. The summed E-state index contributed by atoms with van der Waals surface area (Å²) in [6.07, 6.45) is 7.84. The quantitative estimate of drug-likeness (QED) is 0.571. The van der Waals surface area contributed by atoms with Gasteiger partial charge in [0.1, 0.15) is 5.82 Å². The van der Waals surface area contributed by atoms with Crippen LogP contribution in [0.1, 0.15) is 88.6 Å². The number of amides is 1. The predicted molar refractivity (Wildman–Crippen MR) is 138 cm³/mol. The zero-order valence-electron chi connectivity index (χ0n) is 21.7. The van der Waals surface area contributed by atoms with Crippen molar-refractivity contribution < 1.29 is 24.2 Å². The highest BCUT2D eigenvalue weighted by Crippen LogP contribution is 2.42. The van der Waals surface area contributed by atoms with Crippen molar-refractivity contribution in [3.05, 3.63) is 23.5 Å². The molecular formula is C28H39N3O5. The van der Waals surface area contributed by atoms with E-state index >= 15 is 0 Å². The van der Waals surface area contributed by atoms with Crippen molar-refractivity contribution in [2.45, 2.75) is 89.6 Å². The van der Waals surface area contributed by atoms with Gasteiger partial charge in [0.25, 0.3) is 0 Å². The number of aromatic nitrogens is 2. The van der Waals surface area contributed by atoms with Crippen molar-refractivity contribution in [3.63, 3.8) is 0 Å². The second-order valence-electron chi connectivity index (χ2n) is 11.0. The zero-order valence-corrected chi connectivity index (χ0v) is 21.7. The van der Waals surface area contributed by atoms with E-state index in [-0.39, 0.29) is 30.0 Å². The number of carbonyl (C=O) groups excluding carboxylic acids is 1. The van der Waals surface area contributed by atoms with Crippen LogP contribution in [0.2, 0.25) is 0 Å². The summed E-state index contributed by atoms with van der Waals surface area (Å²) < 4.78 is 13.1. The van der Waals surface area contributed by atoms with Gasteiger partial charge >= 0.3 is 12.1 Å². The number of hydrogen-bond donors (Lipinski definition) is 1. The molecule has 1 aliphatic carbocycles. The van der Waals surface area contributed by atoms with Gasteiger partial charge in [-0.25, -0.2) is 9.78 Å². The van der Waals surface area contributed by atoms with Crippen LogP contribution in [0.5, 0.6) is 0 Å². The van der Waals surface area contributed by atoms with Gasteiger partial charge < -0.3 is 19.1 Å². The molecule has 8 heteroatoms. The van der Waals surface area contributed by atoms with E-state index in [0.29, 0.717) is 12.3 Å². The van der Waals surface area contributed by atoms with E-state index in [2.05, 4.69) is 24.5 Å². The van der Waals surface area contributed by atoms with Crippen molar-refractivity contribution in [1.29, 1.82) is 0 Å². The summed E-state index contributed by atoms with van der Waals surface area (Å²) >= 11 is 0. The van der Waals surface area contributed by atoms with Gasteiger partial charge in [-0.05, 0) is 76.3 Å². The van der Waals surface area contributed by atoms with Gasteiger partial charge in [0.15, 0.2) is 0 Å². The topological polar surface area (TPSA) is 93.9 Å². The molecule has 0 unspecified atom stereocenters. The summed E-state index contributed by atoms with van der Waals surface area (Å²) in [7, 11) is 1.43. The van der Waals surface area contributed by atoms with Crippen LogP contribution in [0.25, 0.3) is 11.0 Å². The van der Waals surface area contributed by atoms with Gasteiger partial charge in [-0.2, -0.15) is 0 Å². The van der Waals surface area contributed by atoms with E-state index in [4.69, 9.17) is 14.5 Å². The van der Waals surface area contributed by atoms with E-state index in [1.54, 1.807) is 4.90 Å². The molecule has 0 radical (unpaired) electrons. The van der Waals surface area contributed by atoms with Crippen LogP contribution in [0.4, 0.5) is 10.5 Å². The minimum atomic E-state index is -0.694. The molecule has 196 valence electrons. The number of methoxy groups -OCH3 is 1. The number of carboxylic acid groups (broad SMARTS) is 1. The average Bonchev–Trinajstić information content (AvgIpc) is 3.29. The van der Waals surface area contributed by atoms with Crippen molar-refractivity contribution in [3.8, 4) is 0 Å². The number of nitrogens with zero attached hydrogens (tertiary/aromatic N) is 3. The lowest BCUT2D eigenvalue weighted by Gasteiger charge is -2.34. The molecule has 2 fully saturated rings. The lowest BCUT2D eigenvalue weighted by Crippen LogP contribution is -2.42. The maximum Gasteiger partial charge on any atom is 0.414 e. The van der Waals surface area contributed by atoms with Crippen molar-refractivity contribution in [2.75, 3.05) is 25.2 Å². The molecule has 2 aromatic rings. The number of carboxylic acids is 1. The fourth-order valence-corrected chi connectivity index (χ4v) is 6.73. The largest absolute Gasteiger partial charge is 0.481 e. The monoisotopic (exact) mass is 497 g/mol. The molecule has 3 aliphatic rings. The van der Waals surface area contributed by atoms with Gasteiger partial charge in [0.05, 0.1) is 29.7 Å². The van der Waals surface area contributed by atoms with Gasteiger partial charge in [0.2, 0.25) is 0 Å². The van der Waals surface area contributed by atoms with E-state index in [9.17, 15) is 14.7 Å². The first-order valence-corrected chi connectivity index (χ1v) is 13.6. The molecule has 8 nitrogen and oxygen atoms in total. The molecule has 1 aromatic carbocycles. The van der Waals surface area contributed by atoms with Crippen molar-refractivity contribution in [1.82, 2.24) is 9.55 Å². The number of rotatable bonds is 5. The summed E-state index contributed by atoms with van der Waals surface area (Å²) in [6, 6.07) is 4.30. The average molecular weight is 498 g/mol. The number of imidazole rings is 1. The van der Waals surface area contributed by atoms with Crippen LogP contribution < -0.4 is 4.90 Å². The minimum Gasteiger partial charge on any atom is -0.481 e. The summed E-state index contributed by atoms with van der Waals surface area (Å²) in [4.78, 5) is 31.6. The molecule has 1 N–H and O–H groups in total. The number of ether oxygens (including phenoxy) is 2. The molecular weight excluding hydrogens is 458 g/mol. The van der Waals surface area contributed by atoms with Gasteiger partial charge in [-0.15, -0.1) is 0 Å². The van der Waals surface area contributed by atoms with E-state index in [1.807, 2.05) is 6.07 Å². The lowest BCUT2D eigenvalue weighted by molar-refractivity contribution is -0.143. The molecule has 3 heterocycles. The van der Waals surface area contributed by atoms with Crippen LogP contribution in [0.3, 0.4) is 0 Å². The van der Waals surface area contributed by atoms with Gasteiger partial charge in [-0.1, -0.05) is 13.3 Å². The molecule has 36 heavy (non-hydrogen) atoms. The maximum absolute atomic E-state index is 12.6. The van der Waals surface area contributed by atoms with E-state index < -0.39 is 5.97 Å². The Morgan fingerprint density at radius 3 is 2.69 bits per heavy atom. The number of hydrogen-bond acceptors (Lipinski definition) is 5. The molecule has 0 bridgehead atoms. The van der Waals surface area contributed by atoms with Crippen LogP contribution in [-0.2, 0) is 20.7 Å². The molecule has 2 aliphatic heterocycles. The van der Waals surface area contributed by atoms with E-state index in [0.717, 1.165) is 92.7 Å². The van der Waals surface area contributed by atoms with Crippen LogP contribution in [0.15, 0.2) is 12.1 Å². The Labute approximate surface area is 213 Å². The van der Waals surface area contributed by atoms with Crippen LogP contribution >= 0.6 is 0 Å². The Balaban J connectivity index is 1.60. The summed E-state index contributed by atoms with van der Waals surface area (Å²) in [6.45, 7) is 5.97. The van der Waals surface area contributed by atoms with Gasteiger partial charge in [-0.3, -0.25) is 9.69 Å². The summed E-state index contributed by atoms with van der Waals surface area (Å²) in [5.74, 6) is 0.920. The molecule has 1 amide bonds. The number of aryl methyl sites for hydroxylation is 1. The molecule has 5 rings (SSSR count). The highest BCUT2D eigenvalue weighted by molar-refractivity contribution is 5.95. The Kier molecular flexibility index (Phi) is 7.24. The first-order chi connectivity index (χ1) is 17.4. The number of anilines is 1. The highest BCUT2D eigenvalue weighted by Gasteiger charge is 2.35. The minimum absolute atomic E-state index is 0.0612.